The number of ether oxygens (including phenoxy) is 1. The summed E-state index contributed by atoms with van der Waals surface area (Å²) >= 11 is 0. The first kappa shape index (κ1) is 23.0. The Morgan fingerprint density at radius 2 is 1.83 bits per heavy atom. The smallest absolute Gasteiger partial charge is 0.410 e. The average Bonchev–Trinajstić information content (AvgIpc) is 3.45. The highest BCUT2D eigenvalue weighted by Crippen LogP contribution is 2.33. The van der Waals surface area contributed by atoms with Crippen LogP contribution in [0.5, 0.6) is 0 Å². The molecule has 2 amide bonds. The molecule has 0 aliphatic carbocycles. The van der Waals surface area contributed by atoms with Crippen molar-refractivity contribution in [2.45, 2.75) is 39.2 Å². The molecule has 182 valence electrons. The number of hydrogen-bond donors (Lipinski definition) is 1. The summed E-state index contributed by atoms with van der Waals surface area (Å²) in [7, 11) is 0. The number of fused-ring (bicyclic) bond motifs is 2. The SMILES string of the molecule is CC(C)(C)OC(=O)N1CCC(CNC(=O)c2cc3ccc(-c4coc5ccccc45)cc3o2)CC1. The van der Waals surface area contributed by atoms with Crippen LogP contribution in [-0.4, -0.2) is 42.1 Å². The van der Waals surface area contributed by atoms with Gasteiger partial charge in [-0.1, -0.05) is 30.3 Å². The Bertz CT molecular complexity index is 1370. The minimum atomic E-state index is -0.498. The lowest BCUT2D eigenvalue weighted by Gasteiger charge is -2.33. The van der Waals surface area contributed by atoms with Crippen molar-refractivity contribution in [3.63, 3.8) is 0 Å². The third kappa shape index (κ3) is 5.04. The molecule has 0 bridgehead atoms. The number of rotatable bonds is 4. The molecule has 7 nitrogen and oxygen atoms in total. The molecule has 0 radical (unpaired) electrons. The number of likely N-dealkylation sites (tertiary alicyclic amines) is 1. The van der Waals surface area contributed by atoms with Crippen LogP contribution in [0.25, 0.3) is 33.1 Å². The van der Waals surface area contributed by atoms with Gasteiger partial charge in [-0.2, -0.15) is 0 Å². The molecule has 0 atom stereocenters. The van der Waals surface area contributed by atoms with Gasteiger partial charge in [0.15, 0.2) is 5.76 Å². The van der Waals surface area contributed by atoms with Gasteiger partial charge in [0, 0.05) is 36.0 Å². The van der Waals surface area contributed by atoms with Gasteiger partial charge in [-0.3, -0.25) is 4.79 Å². The van der Waals surface area contributed by atoms with Crippen LogP contribution < -0.4 is 5.32 Å². The number of para-hydroxylation sites is 1. The molecule has 0 spiro atoms. The molecule has 3 heterocycles. The molecular formula is C28H30N2O5. The van der Waals surface area contributed by atoms with E-state index in [1.807, 2.05) is 63.2 Å². The monoisotopic (exact) mass is 474 g/mol. The Labute approximate surface area is 204 Å². The number of carbonyl (C=O) groups is 2. The molecule has 0 unspecified atom stereocenters. The first-order chi connectivity index (χ1) is 16.8. The molecular weight excluding hydrogens is 444 g/mol. The summed E-state index contributed by atoms with van der Waals surface area (Å²) in [5.74, 6) is 0.370. The highest BCUT2D eigenvalue weighted by Gasteiger charge is 2.27. The van der Waals surface area contributed by atoms with Crippen molar-refractivity contribution in [2.24, 2.45) is 5.92 Å². The van der Waals surface area contributed by atoms with Crippen LogP contribution in [0.15, 0.2) is 63.6 Å². The minimum Gasteiger partial charge on any atom is -0.464 e. The molecule has 1 aliphatic heterocycles. The molecule has 1 saturated heterocycles. The maximum atomic E-state index is 12.8. The molecule has 0 saturated carbocycles. The topological polar surface area (TPSA) is 84.9 Å². The van der Waals surface area contributed by atoms with E-state index in [1.54, 1.807) is 17.2 Å². The lowest BCUT2D eigenvalue weighted by Crippen LogP contribution is -2.43. The third-order valence-corrected chi connectivity index (χ3v) is 6.35. The Kier molecular flexibility index (Phi) is 6.01. The number of nitrogens with one attached hydrogen (secondary N) is 1. The summed E-state index contributed by atoms with van der Waals surface area (Å²) in [4.78, 5) is 26.7. The number of furan rings is 2. The standard InChI is InChI=1S/C28H30N2O5/c1-28(2,3)35-27(32)30-12-10-18(11-13-30)16-29-26(31)25-15-20-9-8-19(14-24(20)34-25)22-17-33-23-7-5-4-6-21(22)23/h4-9,14-15,17-18H,10-13,16H2,1-3H3,(H,29,31). The number of carbonyl (C=O) groups excluding carboxylic acids is 2. The Morgan fingerprint density at radius 3 is 2.60 bits per heavy atom. The van der Waals surface area contributed by atoms with Crippen molar-refractivity contribution < 1.29 is 23.2 Å². The number of amides is 2. The molecule has 1 N–H and O–H groups in total. The Hall–Kier alpha value is -3.74. The summed E-state index contributed by atoms with van der Waals surface area (Å²) in [5, 5.41) is 4.90. The molecule has 7 heteroatoms. The highest BCUT2D eigenvalue weighted by molar-refractivity contribution is 5.99. The molecule has 2 aromatic heterocycles. The number of hydrogen-bond acceptors (Lipinski definition) is 5. The zero-order valence-corrected chi connectivity index (χ0v) is 20.3. The molecule has 1 aliphatic rings. The van der Waals surface area contributed by atoms with Crippen molar-refractivity contribution in [3.05, 3.63) is 60.6 Å². The predicted octanol–water partition coefficient (Wildman–Crippen LogP) is 6.22. The fourth-order valence-corrected chi connectivity index (χ4v) is 4.48. The van der Waals surface area contributed by atoms with Gasteiger partial charge in [0.2, 0.25) is 0 Å². The van der Waals surface area contributed by atoms with E-state index in [9.17, 15) is 9.59 Å². The largest absolute Gasteiger partial charge is 0.464 e. The Morgan fingerprint density at radius 1 is 1.06 bits per heavy atom. The zero-order valence-electron chi connectivity index (χ0n) is 20.3. The number of benzene rings is 2. The summed E-state index contributed by atoms with van der Waals surface area (Å²) < 4.78 is 17.0. The van der Waals surface area contributed by atoms with Crippen LogP contribution in [0.1, 0.15) is 44.2 Å². The van der Waals surface area contributed by atoms with Crippen LogP contribution in [0, 0.1) is 5.92 Å². The summed E-state index contributed by atoms with van der Waals surface area (Å²) in [6, 6.07) is 15.6. The van der Waals surface area contributed by atoms with Gasteiger partial charge in [-0.15, -0.1) is 0 Å². The molecule has 4 aromatic rings. The van der Waals surface area contributed by atoms with Gasteiger partial charge < -0.3 is 23.8 Å². The maximum absolute atomic E-state index is 12.8. The summed E-state index contributed by atoms with van der Waals surface area (Å²) in [6.07, 6.45) is 3.12. The highest BCUT2D eigenvalue weighted by atomic mass is 16.6. The first-order valence-electron chi connectivity index (χ1n) is 12.0. The van der Waals surface area contributed by atoms with Crippen molar-refractivity contribution in [3.8, 4) is 11.1 Å². The first-order valence-corrected chi connectivity index (χ1v) is 12.0. The van der Waals surface area contributed by atoms with E-state index in [0.29, 0.717) is 36.9 Å². The van der Waals surface area contributed by atoms with Crippen molar-refractivity contribution in [1.29, 1.82) is 0 Å². The molecule has 35 heavy (non-hydrogen) atoms. The Balaban J connectivity index is 1.20. The second kappa shape index (κ2) is 9.13. The minimum absolute atomic E-state index is 0.230. The third-order valence-electron chi connectivity index (χ3n) is 6.35. The van der Waals surface area contributed by atoms with Crippen LogP contribution in [0.3, 0.4) is 0 Å². The van der Waals surface area contributed by atoms with E-state index in [2.05, 4.69) is 5.32 Å². The van der Waals surface area contributed by atoms with Crippen LogP contribution in [0.2, 0.25) is 0 Å². The summed E-state index contributed by atoms with van der Waals surface area (Å²) in [6.45, 7) is 7.41. The van der Waals surface area contributed by atoms with E-state index in [1.165, 1.54) is 0 Å². The van der Waals surface area contributed by atoms with E-state index >= 15 is 0 Å². The van der Waals surface area contributed by atoms with E-state index < -0.39 is 5.60 Å². The lowest BCUT2D eigenvalue weighted by atomic mass is 9.97. The molecule has 1 fully saturated rings. The van der Waals surface area contributed by atoms with Crippen molar-refractivity contribution in [1.82, 2.24) is 10.2 Å². The number of nitrogens with zero attached hydrogens (tertiary/aromatic N) is 1. The van der Waals surface area contributed by atoms with Crippen molar-refractivity contribution >= 4 is 33.9 Å². The fraction of sp³-hybridized carbons (Fsp3) is 0.357. The zero-order chi connectivity index (χ0) is 24.6. The van der Waals surface area contributed by atoms with Gasteiger partial charge in [0.25, 0.3) is 5.91 Å². The van der Waals surface area contributed by atoms with E-state index in [0.717, 1.165) is 40.3 Å². The molecule has 5 rings (SSSR count). The van der Waals surface area contributed by atoms with Gasteiger partial charge >= 0.3 is 6.09 Å². The molecule has 2 aromatic carbocycles. The summed E-state index contributed by atoms with van der Waals surface area (Å²) in [5.41, 5.74) is 2.95. The predicted molar refractivity (Wildman–Crippen MR) is 134 cm³/mol. The second-order valence-electron chi connectivity index (χ2n) is 10.1. The van der Waals surface area contributed by atoms with Gasteiger partial charge in [-0.25, -0.2) is 4.79 Å². The van der Waals surface area contributed by atoms with Gasteiger partial charge in [0.05, 0.1) is 6.26 Å². The van der Waals surface area contributed by atoms with Crippen LogP contribution in [-0.2, 0) is 4.74 Å². The lowest BCUT2D eigenvalue weighted by molar-refractivity contribution is 0.0183. The average molecular weight is 475 g/mol. The fourth-order valence-electron chi connectivity index (χ4n) is 4.48. The second-order valence-corrected chi connectivity index (χ2v) is 10.1. The quantitative estimate of drug-likeness (QED) is 0.379. The number of piperidine rings is 1. The normalized spacial score (nSPS) is 15.0. The van der Waals surface area contributed by atoms with Crippen molar-refractivity contribution in [2.75, 3.05) is 19.6 Å². The van der Waals surface area contributed by atoms with Gasteiger partial charge in [-0.05, 0) is 63.3 Å². The van der Waals surface area contributed by atoms with E-state index in [-0.39, 0.29) is 12.0 Å². The van der Waals surface area contributed by atoms with E-state index in [4.69, 9.17) is 13.6 Å². The van der Waals surface area contributed by atoms with Crippen LogP contribution in [0.4, 0.5) is 4.79 Å². The van der Waals surface area contributed by atoms with Crippen LogP contribution >= 0.6 is 0 Å². The maximum Gasteiger partial charge on any atom is 0.410 e. The van der Waals surface area contributed by atoms with Gasteiger partial charge in [0.1, 0.15) is 16.8 Å².